The van der Waals surface area contributed by atoms with Crippen LogP contribution < -0.4 is 0 Å². The number of quaternary nitrogens is 1. The molecule has 0 radical (unpaired) electrons. The van der Waals surface area contributed by atoms with Gasteiger partial charge in [-0.15, -0.1) is 0 Å². The topological polar surface area (TPSA) is 0 Å². The van der Waals surface area contributed by atoms with Gasteiger partial charge in [-0.2, -0.15) is 24.4 Å². The highest BCUT2D eigenvalue weighted by molar-refractivity contribution is 7.99. The first-order valence-corrected chi connectivity index (χ1v) is 5.58. The van der Waals surface area contributed by atoms with Crippen LogP contribution in [0.3, 0.4) is 0 Å². The van der Waals surface area contributed by atoms with Gasteiger partial charge in [0.2, 0.25) is 0 Å². The van der Waals surface area contributed by atoms with Gasteiger partial charge < -0.3 is 4.48 Å². The van der Waals surface area contributed by atoms with Gasteiger partial charge in [0.15, 0.2) is 0 Å². The number of thioether (sulfide) groups is 1. The Balaban J connectivity index is 2.32. The molecule has 0 atom stereocenters. The van der Waals surface area contributed by atoms with Gasteiger partial charge in [-0.3, -0.25) is 0 Å². The SMILES string of the molecule is C[N+]1(CCS)CCSCC1. The molecule has 0 aromatic carbocycles. The molecule has 0 aromatic rings. The third kappa shape index (κ3) is 2.36. The van der Waals surface area contributed by atoms with E-state index in [1.165, 1.54) is 35.6 Å². The fourth-order valence-corrected chi connectivity index (χ4v) is 3.08. The molecule has 1 aliphatic rings. The van der Waals surface area contributed by atoms with Crippen molar-refractivity contribution in [2.45, 2.75) is 0 Å². The van der Waals surface area contributed by atoms with Crippen LogP contribution in [0.25, 0.3) is 0 Å². The smallest absolute Gasteiger partial charge is 0.0877 e. The van der Waals surface area contributed by atoms with Gasteiger partial charge in [0.25, 0.3) is 0 Å². The summed E-state index contributed by atoms with van der Waals surface area (Å²) in [7, 11) is 2.34. The van der Waals surface area contributed by atoms with E-state index in [4.69, 9.17) is 0 Å². The van der Waals surface area contributed by atoms with Crippen molar-refractivity contribution >= 4 is 24.4 Å². The monoisotopic (exact) mass is 178 g/mol. The summed E-state index contributed by atoms with van der Waals surface area (Å²) in [5.41, 5.74) is 0. The molecule has 0 aliphatic carbocycles. The van der Waals surface area contributed by atoms with Gasteiger partial charge in [-0.1, -0.05) is 0 Å². The minimum absolute atomic E-state index is 1.03. The highest BCUT2D eigenvalue weighted by Gasteiger charge is 2.23. The second-order valence-electron chi connectivity index (χ2n) is 3.13. The second kappa shape index (κ2) is 3.88. The molecule has 60 valence electrons. The molecule has 1 nitrogen and oxygen atoms in total. The van der Waals surface area contributed by atoms with E-state index in [0.717, 1.165) is 5.75 Å². The molecule has 0 saturated carbocycles. The van der Waals surface area contributed by atoms with Crippen LogP contribution in [0.1, 0.15) is 0 Å². The van der Waals surface area contributed by atoms with Gasteiger partial charge in [0, 0.05) is 17.3 Å². The molecule has 1 fully saturated rings. The quantitative estimate of drug-likeness (QED) is 0.488. The van der Waals surface area contributed by atoms with Crippen molar-refractivity contribution < 1.29 is 4.48 Å². The highest BCUT2D eigenvalue weighted by atomic mass is 32.2. The predicted octanol–water partition coefficient (Wildman–Crippen LogP) is 1.11. The highest BCUT2D eigenvalue weighted by Crippen LogP contribution is 2.15. The van der Waals surface area contributed by atoms with Crippen LogP contribution in [0, 0.1) is 0 Å². The average molecular weight is 178 g/mol. The molecule has 1 rings (SSSR count). The third-order valence-electron chi connectivity index (χ3n) is 2.19. The molecule has 1 saturated heterocycles. The van der Waals surface area contributed by atoms with E-state index in [1.807, 2.05) is 0 Å². The lowest BCUT2D eigenvalue weighted by Gasteiger charge is -2.37. The van der Waals surface area contributed by atoms with Crippen molar-refractivity contribution in [2.75, 3.05) is 43.9 Å². The summed E-state index contributed by atoms with van der Waals surface area (Å²) in [6, 6.07) is 0. The molecule has 10 heavy (non-hydrogen) atoms. The van der Waals surface area contributed by atoms with Gasteiger partial charge in [0.1, 0.15) is 0 Å². The van der Waals surface area contributed by atoms with Crippen molar-refractivity contribution in [2.24, 2.45) is 0 Å². The van der Waals surface area contributed by atoms with E-state index >= 15 is 0 Å². The van der Waals surface area contributed by atoms with Crippen LogP contribution in [0.5, 0.6) is 0 Å². The zero-order chi connectivity index (χ0) is 7.45. The van der Waals surface area contributed by atoms with Crippen LogP contribution in [-0.4, -0.2) is 48.4 Å². The lowest BCUT2D eigenvalue weighted by molar-refractivity contribution is -0.903. The Kier molecular flexibility index (Phi) is 3.40. The van der Waals surface area contributed by atoms with E-state index in [9.17, 15) is 0 Å². The molecule has 0 spiro atoms. The molecule has 3 heteroatoms. The zero-order valence-electron chi connectivity index (χ0n) is 6.55. The number of thiol groups is 1. The van der Waals surface area contributed by atoms with Crippen molar-refractivity contribution in [1.29, 1.82) is 0 Å². The van der Waals surface area contributed by atoms with E-state index in [-0.39, 0.29) is 0 Å². The van der Waals surface area contributed by atoms with Crippen LogP contribution >= 0.6 is 24.4 Å². The Bertz CT molecular complexity index is 94.3. The Hall–Kier alpha value is 0.660. The van der Waals surface area contributed by atoms with E-state index in [1.54, 1.807) is 0 Å². The molecule has 0 bridgehead atoms. The number of rotatable bonds is 2. The van der Waals surface area contributed by atoms with Gasteiger partial charge in [0.05, 0.1) is 26.7 Å². The van der Waals surface area contributed by atoms with Crippen molar-refractivity contribution in [3.63, 3.8) is 0 Å². The van der Waals surface area contributed by atoms with Gasteiger partial charge in [-0.25, -0.2) is 0 Å². The summed E-state index contributed by atoms with van der Waals surface area (Å²) in [5.74, 6) is 3.70. The minimum Gasteiger partial charge on any atom is -0.324 e. The standard InChI is InChI=1S/C7H15NS2/c1-8(2-5-9)3-6-10-7-4-8/h2-7H2,1H3/p+1. The maximum Gasteiger partial charge on any atom is 0.0877 e. The van der Waals surface area contributed by atoms with Gasteiger partial charge >= 0.3 is 0 Å². The van der Waals surface area contributed by atoms with E-state index < -0.39 is 0 Å². The van der Waals surface area contributed by atoms with Crippen LogP contribution in [-0.2, 0) is 0 Å². The summed E-state index contributed by atoms with van der Waals surface area (Å²) >= 11 is 6.34. The zero-order valence-corrected chi connectivity index (χ0v) is 8.26. The first-order chi connectivity index (χ1) is 4.77. The van der Waals surface area contributed by atoms with E-state index in [0.29, 0.717) is 0 Å². The Labute approximate surface area is 73.2 Å². The molecule has 0 N–H and O–H groups in total. The normalized spacial score (nSPS) is 24.6. The third-order valence-corrected chi connectivity index (χ3v) is 3.33. The largest absolute Gasteiger partial charge is 0.324 e. The summed E-state index contributed by atoms with van der Waals surface area (Å²) in [6.07, 6.45) is 0. The molecular formula is C7H16NS2+. The molecule has 1 heterocycles. The van der Waals surface area contributed by atoms with E-state index in [2.05, 4.69) is 31.4 Å². The first-order valence-electron chi connectivity index (χ1n) is 3.79. The summed E-state index contributed by atoms with van der Waals surface area (Å²) in [4.78, 5) is 0. The minimum atomic E-state index is 1.03. The average Bonchev–Trinajstić information content (AvgIpc) is 1.89. The Morgan fingerprint density at radius 2 is 2.00 bits per heavy atom. The fraction of sp³-hybridized carbons (Fsp3) is 1.00. The fourth-order valence-electron chi connectivity index (χ4n) is 1.25. The van der Waals surface area contributed by atoms with Crippen molar-refractivity contribution in [3.05, 3.63) is 0 Å². The van der Waals surface area contributed by atoms with Crippen LogP contribution in [0.2, 0.25) is 0 Å². The molecule has 1 aliphatic heterocycles. The van der Waals surface area contributed by atoms with Crippen LogP contribution in [0.15, 0.2) is 0 Å². The first kappa shape index (κ1) is 8.75. The van der Waals surface area contributed by atoms with Crippen molar-refractivity contribution in [1.82, 2.24) is 0 Å². The molecule has 0 amide bonds. The maximum absolute atomic E-state index is 4.26. The summed E-state index contributed by atoms with van der Waals surface area (Å²) in [6.45, 7) is 3.92. The van der Waals surface area contributed by atoms with Crippen LogP contribution in [0.4, 0.5) is 0 Å². The predicted molar refractivity (Wildman–Crippen MR) is 52.0 cm³/mol. The van der Waals surface area contributed by atoms with Crippen molar-refractivity contribution in [3.8, 4) is 0 Å². The lowest BCUT2D eigenvalue weighted by Crippen LogP contribution is -2.50. The Morgan fingerprint density at radius 3 is 2.50 bits per heavy atom. The molecule has 0 aromatic heterocycles. The lowest BCUT2D eigenvalue weighted by atomic mass is 10.4. The maximum atomic E-state index is 4.26. The molecule has 0 unspecified atom stereocenters. The van der Waals surface area contributed by atoms with Gasteiger partial charge in [-0.05, 0) is 0 Å². The second-order valence-corrected chi connectivity index (χ2v) is 4.80. The number of hydrogen-bond acceptors (Lipinski definition) is 2. The summed E-state index contributed by atoms with van der Waals surface area (Å²) in [5, 5.41) is 0. The molecular weight excluding hydrogens is 162 g/mol. The summed E-state index contributed by atoms with van der Waals surface area (Å²) < 4.78 is 1.25. The number of hydrogen-bond donors (Lipinski definition) is 1. The number of nitrogens with zero attached hydrogens (tertiary/aromatic N) is 1. The Morgan fingerprint density at radius 1 is 1.40 bits per heavy atom.